The van der Waals surface area contributed by atoms with Gasteiger partial charge in [0.1, 0.15) is 4.34 Å². The zero-order valence-corrected chi connectivity index (χ0v) is 12.2. The second-order valence-corrected chi connectivity index (χ2v) is 6.02. The summed E-state index contributed by atoms with van der Waals surface area (Å²) in [5.41, 5.74) is 1.53. The number of ketones is 1. The largest absolute Gasteiger partial charge is 0.289 e. The summed E-state index contributed by atoms with van der Waals surface area (Å²) in [6.07, 6.45) is 6.90. The van der Waals surface area contributed by atoms with Gasteiger partial charge in [-0.05, 0) is 17.7 Å². The first-order valence-electron chi connectivity index (χ1n) is 5.56. The maximum Gasteiger partial charge on any atom is 0.188 e. The topological polar surface area (TPSA) is 17.1 Å². The minimum absolute atomic E-state index is 0.147. The first kappa shape index (κ1) is 14.1. The lowest BCUT2D eigenvalue weighted by molar-refractivity contribution is 0.104. The van der Waals surface area contributed by atoms with Gasteiger partial charge in [0.15, 0.2) is 5.78 Å². The normalized spacial score (nSPS) is 11.5. The van der Waals surface area contributed by atoms with E-state index in [-0.39, 0.29) is 5.78 Å². The summed E-state index contributed by atoms with van der Waals surface area (Å²) in [5, 5.41) is 0. The van der Waals surface area contributed by atoms with E-state index in [1.165, 1.54) is 17.4 Å². The number of carbonyl (C=O) groups excluding carboxylic acids is 1. The Hall–Kier alpha value is -1.35. The summed E-state index contributed by atoms with van der Waals surface area (Å²) in [7, 11) is 0. The lowest BCUT2D eigenvalue weighted by atomic mass is 10.2. The molecule has 0 aliphatic rings. The van der Waals surface area contributed by atoms with Crippen molar-refractivity contribution in [1.82, 2.24) is 0 Å². The smallest absolute Gasteiger partial charge is 0.188 e. The Morgan fingerprint density at radius 3 is 2.47 bits per heavy atom. The summed E-state index contributed by atoms with van der Waals surface area (Å²) in [5.74, 6) is -0.147. The van der Waals surface area contributed by atoms with Gasteiger partial charge in [0, 0.05) is 0 Å². The fraction of sp³-hybridized carbons (Fsp3) is 0. The molecular weight excluding hydrogens is 299 g/mol. The molecule has 0 radical (unpaired) electrons. The van der Waals surface area contributed by atoms with Crippen LogP contribution in [0.4, 0.5) is 0 Å². The minimum atomic E-state index is -0.147. The molecule has 0 spiro atoms. The average molecular weight is 309 g/mol. The highest BCUT2D eigenvalue weighted by Gasteiger charge is 2.10. The van der Waals surface area contributed by atoms with Crippen molar-refractivity contribution in [1.29, 1.82) is 0 Å². The van der Waals surface area contributed by atoms with E-state index in [1.807, 2.05) is 42.5 Å². The molecule has 2 rings (SSSR count). The molecule has 4 heteroatoms. The molecule has 0 atom stereocenters. The molecule has 0 saturated heterocycles. The van der Waals surface area contributed by atoms with Crippen LogP contribution in [0.15, 0.2) is 54.6 Å². The van der Waals surface area contributed by atoms with Gasteiger partial charge in [-0.15, -0.1) is 11.3 Å². The molecule has 1 aromatic heterocycles. The molecule has 0 unspecified atom stereocenters. The molecule has 0 amide bonds. The van der Waals surface area contributed by atoms with E-state index in [0.29, 0.717) is 14.2 Å². The van der Waals surface area contributed by atoms with E-state index < -0.39 is 0 Å². The number of thiophene rings is 1. The highest BCUT2D eigenvalue weighted by Crippen LogP contribution is 2.31. The maximum atomic E-state index is 11.8. The third-order valence-electron chi connectivity index (χ3n) is 2.37. The van der Waals surface area contributed by atoms with Crippen LogP contribution in [-0.4, -0.2) is 5.78 Å². The Labute approximate surface area is 125 Å². The summed E-state index contributed by atoms with van der Waals surface area (Å²) in [4.78, 5) is 11.8. The van der Waals surface area contributed by atoms with Crippen LogP contribution in [0.25, 0.3) is 6.08 Å². The number of rotatable bonds is 4. The molecule has 2 aromatic rings. The van der Waals surface area contributed by atoms with Gasteiger partial charge in [0.2, 0.25) is 0 Å². The summed E-state index contributed by atoms with van der Waals surface area (Å²) < 4.78 is 0.938. The zero-order chi connectivity index (χ0) is 13.7. The van der Waals surface area contributed by atoms with E-state index in [2.05, 4.69) is 0 Å². The Morgan fingerprint density at radius 2 is 1.84 bits per heavy atom. The molecular formula is C15H10Cl2OS. The van der Waals surface area contributed by atoms with Gasteiger partial charge in [0.25, 0.3) is 0 Å². The molecule has 1 heterocycles. The van der Waals surface area contributed by atoms with Crippen molar-refractivity contribution in [2.75, 3.05) is 0 Å². The SMILES string of the molecule is O=C(/C=C/C=C/c1ccccc1)c1cc(Cl)sc1Cl. The Morgan fingerprint density at radius 1 is 1.11 bits per heavy atom. The van der Waals surface area contributed by atoms with Gasteiger partial charge in [-0.25, -0.2) is 0 Å². The lowest BCUT2D eigenvalue weighted by Gasteiger charge is -1.90. The Balaban J connectivity index is 2.02. The highest BCUT2D eigenvalue weighted by atomic mass is 35.5. The number of carbonyl (C=O) groups is 1. The number of hydrogen-bond acceptors (Lipinski definition) is 2. The molecule has 0 aliphatic carbocycles. The fourth-order valence-electron chi connectivity index (χ4n) is 1.47. The highest BCUT2D eigenvalue weighted by molar-refractivity contribution is 7.20. The van der Waals surface area contributed by atoms with Gasteiger partial charge in [-0.2, -0.15) is 0 Å². The molecule has 0 bridgehead atoms. The van der Waals surface area contributed by atoms with Crippen LogP contribution >= 0.6 is 34.5 Å². The van der Waals surface area contributed by atoms with Crippen molar-refractivity contribution in [3.63, 3.8) is 0 Å². The minimum Gasteiger partial charge on any atom is -0.289 e. The van der Waals surface area contributed by atoms with Crippen molar-refractivity contribution in [2.24, 2.45) is 0 Å². The maximum absolute atomic E-state index is 11.8. The van der Waals surface area contributed by atoms with E-state index in [1.54, 1.807) is 12.1 Å². The van der Waals surface area contributed by atoms with Crippen molar-refractivity contribution in [2.45, 2.75) is 0 Å². The molecule has 0 aliphatic heterocycles. The van der Waals surface area contributed by atoms with Crippen LogP contribution in [-0.2, 0) is 0 Å². The fourth-order valence-corrected chi connectivity index (χ4v) is 2.95. The molecule has 96 valence electrons. The van der Waals surface area contributed by atoms with Crippen molar-refractivity contribution >= 4 is 46.4 Å². The second kappa shape index (κ2) is 6.71. The molecule has 0 N–H and O–H groups in total. The molecule has 0 saturated carbocycles. The monoisotopic (exact) mass is 308 g/mol. The number of benzene rings is 1. The number of halogens is 2. The molecule has 19 heavy (non-hydrogen) atoms. The molecule has 0 fully saturated rings. The van der Waals surface area contributed by atoms with Crippen LogP contribution in [0, 0.1) is 0 Å². The summed E-state index contributed by atoms with van der Waals surface area (Å²) >= 11 is 12.9. The first-order chi connectivity index (χ1) is 9.16. The van der Waals surface area contributed by atoms with Gasteiger partial charge in [-0.3, -0.25) is 4.79 Å². The summed E-state index contributed by atoms with van der Waals surface area (Å²) in [6, 6.07) is 11.4. The summed E-state index contributed by atoms with van der Waals surface area (Å²) in [6.45, 7) is 0. The predicted octanol–water partition coefficient (Wildman–Crippen LogP) is 5.51. The third-order valence-corrected chi connectivity index (χ3v) is 3.86. The third kappa shape index (κ3) is 4.06. The molecule has 1 nitrogen and oxygen atoms in total. The van der Waals surface area contributed by atoms with Crippen molar-refractivity contribution < 1.29 is 4.79 Å². The van der Waals surface area contributed by atoms with Crippen LogP contribution in [0.5, 0.6) is 0 Å². The van der Waals surface area contributed by atoms with Gasteiger partial charge >= 0.3 is 0 Å². The van der Waals surface area contributed by atoms with E-state index in [0.717, 1.165) is 5.56 Å². The standard InChI is InChI=1S/C15H10Cl2OS/c16-14-10-12(15(17)19-14)13(18)9-5-4-8-11-6-2-1-3-7-11/h1-10H/b8-4+,9-5+. The van der Waals surface area contributed by atoms with E-state index in [4.69, 9.17) is 23.2 Å². The van der Waals surface area contributed by atoms with Crippen LogP contribution < -0.4 is 0 Å². The number of hydrogen-bond donors (Lipinski definition) is 0. The second-order valence-electron chi connectivity index (χ2n) is 3.73. The van der Waals surface area contributed by atoms with Crippen LogP contribution in [0.1, 0.15) is 15.9 Å². The molecule has 1 aromatic carbocycles. The zero-order valence-electron chi connectivity index (χ0n) is 9.85. The van der Waals surface area contributed by atoms with E-state index >= 15 is 0 Å². The Bertz CT molecular complexity index is 627. The average Bonchev–Trinajstić information content (AvgIpc) is 2.75. The van der Waals surface area contributed by atoms with Crippen LogP contribution in [0.2, 0.25) is 8.67 Å². The van der Waals surface area contributed by atoms with Crippen LogP contribution in [0.3, 0.4) is 0 Å². The van der Waals surface area contributed by atoms with E-state index in [9.17, 15) is 4.79 Å². The quantitative estimate of drug-likeness (QED) is 0.413. The Kier molecular flexibility index (Phi) is 4.97. The predicted molar refractivity (Wildman–Crippen MR) is 83.3 cm³/mol. The lowest BCUT2D eigenvalue weighted by Crippen LogP contribution is -1.91. The first-order valence-corrected chi connectivity index (χ1v) is 7.13. The van der Waals surface area contributed by atoms with Gasteiger partial charge in [0.05, 0.1) is 9.90 Å². The van der Waals surface area contributed by atoms with Crippen molar-refractivity contribution in [3.8, 4) is 0 Å². The van der Waals surface area contributed by atoms with Gasteiger partial charge < -0.3 is 0 Å². The van der Waals surface area contributed by atoms with Gasteiger partial charge in [-0.1, -0.05) is 71.8 Å². The van der Waals surface area contributed by atoms with Crippen molar-refractivity contribution in [3.05, 3.63) is 74.4 Å². The number of allylic oxidation sites excluding steroid dienone is 3.